The number of carbonyl (C=O) groups excluding carboxylic acids is 1. The number of carbonyl (C=O) groups is 1. The largest absolute Gasteiger partial charge is 0.508 e. The summed E-state index contributed by atoms with van der Waals surface area (Å²) >= 11 is 0. The van der Waals surface area contributed by atoms with Gasteiger partial charge in [0, 0.05) is 12.6 Å². The van der Waals surface area contributed by atoms with E-state index >= 15 is 0 Å². The zero-order chi connectivity index (χ0) is 14.1. The van der Waals surface area contributed by atoms with Crippen molar-refractivity contribution in [3.8, 4) is 5.75 Å². The number of phenolic OH excluding ortho intramolecular Hbond substituents is 1. The Hall–Kier alpha value is -2.16. The predicted octanol–water partition coefficient (Wildman–Crippen LogP) is 3.16. The van der Waals surface area contributed by atoms with Gasteiger partial charge in [0.25, 0.3) is 0 Å². The standard InChI is InChI=1S/C17H17NO2/c1-11-8-16(12-2-5-14(19)6-3-12)17(11)13-4-7-15(20)10-18-9-13/h2-6,9,11,19H,7-8,10H2,1H3. The number of nitrogens with zero attached hydrogens (tertiary/aromatic N) is 1. The zero-order valence-electron chi connectivity index (χ0n) is 11.5. The summed E-state index contributed by atoms with van der Waals surface area (Å²) in [4.78, 5) is 15.6. The lowest BCUT2D eigenvalue weighted by molar-refractivity contribution is -0.116. The van der Waals surface area contributed by atoms with E-state index in [4.69, 9.17) is 0 Å². The highest BCUT2D eigenvalue weighted by molar-refractivity contribution is 5.96. The van der Waals surface area contributed by atoms with Crippen molar-refractivity contribution in [3.05, 3.63) is 47.1 Å². The fourth-order valence-corrected chi connectivity index (χ4v) is 2.85. The lowest BCUT2D eigenvalue weighted by Gasteiger charge is -2.32. The van der Waals surface area contributed by atoms with E-state index in [0.29, 0.717) is 12.3 Å². The van der Waals surface area contributed by atoms with Gasteiger partial charge in [-0.05, 0) is 46.8 Å². The van der Waals surface area contributed by atoms with E-state index in [9.17, 15) is 9.90 Å². The molecule has 20 heavy (non-hydrogen) atoms. The molecule has 3 nitrogen and oxygen atoms in total. The monoisotopic (exact) mass is 267 g/mol. The molecule has 3 rings (SSSR count). The molecule has 1 N–H and O–H groups in total. The zero-order valence-corrected chi connectivity index (χ0v) is 11.5. The second-order valence-corrected chi connectivity index (χ2v) is 5.42. The van der Waals surface area contributed by atoms with Crippen LogP contribution in [0, 0.1) is 5.92 Å². The lowest BCUT2D eigenvalue weighted by atomic mass is 9.72. The average Bonchev–Trinajstić information content (AvgIpc) is 2.62. The van der Waals surface area contributed by atoms with Gasteiger partial charge in [-0.1, -0.05) is 25.1 Å². The maximum atomic E-state index is 11.4. The molecule has 0 radical (unpaired) electrons. The van der Waals surface area contributed by atoms with E-state index in [1.54, 1.807) is 12.1 Å². The smallest absolute Gasteiger partial charge is 0.157 e. The Balaban J connectivity index is 1.99. The first-order chi connectivity index (χ1) is 9.65. The van der Waals surface area contributed by atoms with Crippen LogP contribution in [0.25, 0.3) is 5.57 Å². The van der Waals surface area contributed by atoms with Crippen molar-refractivity contribution in [2.75, 3.05) is 6.54 Å². The van der Waals surface area contributed by atoms with Crippen molar-refractivity contribution >= 4 is 17.6 Å². The van der Waals surface area contributed by atoms with E-state index in [0.717, 1.165) is 17.6 Å². The van der Waals surface area contributed by atoms with E-state index in [1.165, 1.54) is 11.1 Å². The van der Waals surface area contributed by atoms with Crippen LogP contribution in [0.1, 0.15) is 25.3 Å². The van der Waals surface area contributed by atoms with Gasteiger partial charge in [0.2, 0.25) is 0 Å². The molecule has 0 saturated heterocycles. The van der Waals surface area contributed by atoms with Gasteiger partial charge in [0.15, 0.2) is 5.78 Å². The van der Waals surface area contributed by atoms with Crippen LogP contribution in [0.15, 0.2) is 46.5 Å². The van der Waals surface area contributed by atoms with Gasteiger partial charge < -0.3 is 5.11 Å². The number of ketones is 1. The Morgan fingerprint density at radius 2 is 2.00 bits per heavy atom. The Kier molecular flexibility index (Phi) is 3.26. The number of phenols is 1. The van der Waals surface area contributed by atoms with Gasteiger partial charge in [-0.3, -0.25) is 9.79 Å². The third kappa shape index (κ3) is 2.31. The molecule has 0 saturated carbocycles. The summed E-state index contributed by atoms with van der Waals surface area (Å²) in [7, 11) is 0. The first kappa shape index (κ1) is 12.9. The molecule has 1 aromatic rings. The summed E-state index contributed by atoms with van der Waals surface area (Å²) in [6.07, 6.45) is 5.31. The van der Waals surface area contributed by atoms with E-state index in [1.807, 2.05) is 24.4 Å². The predicted molar refractivity (Wildman–Crippen MR) is 79.9 cm³/mol. The fraction of sp³-hybridized carbons (Fsp3) is 0.294. The third-order valence-electron chi connectivity index (χ3n) is 3.90. The van der Waals surface area contributed by atoms with Crippen molar-refractivity contribution in [1.82, 2.24) is 0 Å². The van der Waals surface area contributed by atoms with Gasteiger partial charge in [-0.25, -0.2) is 0 Å². The second-order valence-electron chi connectivity index (χ2n) is 5.42. The molecular formula is C17H17NO2. The highest BCUT2D eigenvalue weighted by atomic mass is 16.3. The molecule has 1 heterocycles. The minimum absolute atomic E-state index is 0.162. The number of benzene rings is 1. The van der Waals surface area contributed by atoms with Crippen LogP contribution in [-0.4, -0.2) is 23.6 Å². The van der Waals surface area contributed by atoms with Crippen molar-refractivity contribution < 1.29 is 9.90 Å². The molecule has 0 fully saturated rings. The van der Waals surface area contributed by atoms with Gasteiger partial charge in [0.05, 0.1) is 6.54 Å². The van der Waals surface area contributed by atoms with Crippen LogP contribution in [0.3, 0.4) is 0 Å². The molecule has 102 valence electrons. The maximum absolute atomic E-state index is 11.4. The Morgan fingerprint density at radius 1 is 1.25 bits per heavy atom. The maximum Gasteiger partial charge on any atom is 0.157 e. The number of hydrogen-bond acceptors (Lipinski definition) is 3. The molecule has 1 aromatic carbocycles. The topological polar surface area (TPSA) is 49.7 Å². The van der Waals surface area contributed by atoms with Crippen molar-refractivity contribution in [2.45, 2.75) is 19.8 Å². The van der Waals surface area contributed by atoms with Crippen LogP contribution in [0.4, 0.5) is 0 Å². The van der Waals surface area contributed by atoms with Crippen molar-refractivity contribution in [3.63, 3.8) is 0 Å². The minimum atomic E-state index is 0.162. The number of hydrogen-bond donors (Lipinski definition) is 1. The Labute approximate surface area is 118 Å². The third-order valence-corrected chi connectivity index (χ3v) is 3.90. The molecule has 1 atom stereocenters. The van der Waals surface area contributed by atoms with Crippen molar-refractivity contribution in [2.24, 2.45) is 10.9 Å². The summed E-state index contributed by atoms with van der Waals surface area (Å²) in [5.41, 5.74) is 4.80. The summed E-state index contributed by atoms with van der Waals surface area (Å²) in [5.74, 6) is 0.934. The summed E-state index contributed by atoms with van der Waals surface area (Å²) in [5, 5.41) is 9.38. The fourth-order valence-electron chi connectivity index (χ4n) is 2.85. The van der Waals surface area contributed by atoms with Gasteiger partial charge >= 0.3 is 0 Å². The molecule has 1 aliphatic heterocycles. The molecule has 0 spiro atoms. The van der Waals surface area contributed by atoms with Gasteiger partial charge in [-0.2, -0.15) is 0 Å². The van der Waals surface area contributed by atoms with Crippen molar-refractivity contribution in [1.29, 1.82) is 0 Å². The van der Waals surface area contributed by atoms with Crippen LogP contribution < -0.4 is 0 Å². The summed E-state index contributed by atoms with van der Waals surface area (Å²) in [6.45, 7) is 2.48. The summed E-state index contributed by atoms with van der Waals surface area (Å²) in [6, 6.07) is 7.30. The number of aromatic hydroxyl groups is 1. The number of Topliss-reactive ketones (excluding diaryl/α,β-unsaturated/α-hetero) is 1. The molecule has 2 aliphatic rings. The first-order valence-electron chi connectivity index (χ1n) is 6.89. The number of rotatable bonds is 2. The van der Waals surface area contributed by atoms with Crippen LogP contribution in [0.2, 0.25) is 0 Å². The number of allylic oxidation sites excluding steroid dienone is 4. The van der Waals surface area contributed by atoms with Gasteiger partial charge in [-0.15, -0.1) is 0 Å². The van der Waals surface area contributed by atoms with E-state index in [2.05, 4.69) is 11.9 Å². The lowest BCUT2D eigenvalue weighted by Crippen LogP contribution is -2.17. The molecule has 1 aliphatic carbocycles. The molecule has 0 amide bonds. The van der Waals surface area contributed by atoms with E-state index < -0.39 is 0 Å². The highest BCUT2D eigenvalue weighted by Gasteiger charge is 2.28. The van der Waals surface area contributed by atoms with Gasteiger partial charge in [0.1, 0.15) is 5.75 Å². The highest BCUT2D eigenvalue weighted by Crippen LogP contribution is 2.44. The quantitative estimate of drug-likeness (QED) is 0.894. The normalized spacial score (nSPS) is 22.4. The molecule has 3 heteroatoms. The molecule has 0 aromatic heterocycles. The second kappa shape index (κ2) is 5.08. The van der Waals surface area contributed by atoms with Crippen LogP contribution in [0.5, 0.6) is 5.75 Å². The molecule has 0 bridgehead atoms. The van der Waals surface area contributed by atoms with E-state index in [-0.39, 0.29) is 18.1 Å². The van der Waals surface area contributed by atoms with Crippen LogP contribution in [-0.2, 0) is 4.79 Å². The Bertz CT molecular complexity index is 635. The SMILES string of the molecule is CC1CC(c2ccc(O)cc2)=C1C1=CCC(=O)CN=C1. The first-order valence-corrected chi connectivity index (χ1v) is 6.89. The minimum Gasteiger partial charge on any atom is -0.508 e. The molecular weight excluding hydrogens is 250 g/mol. The number of aliphatic imine (C=N–C) groups is 1. The summed E-state index contributed by atoms with van der Waals surface area (Å²) < 4.78 is 0. The molecule has 1 unspecified atom stereocenters. The average molecular weight is 267 g/mol. The Morgan fingerprint density at radius 3 is 2.70 bits per heavy atom. The van der Waals surface area contributed by atoms with Crippen LogP contribution >= 0.6 is 0 Å².